The number of hydrogen-bond acceptors (Lipinski definition) is 4. The number of ether oxygens (including phenoxy) is 1. The molecule has 0 aliphatic carbocycles. The number of thiazole rings is 1. The summed E-state index contributed by atoms with van der Waals surface area (Å²) < 4.78 is 5.67. The first-order chi connectivity index (χ1) is 12.1. The van der Waals surface area contributed by atoms with Crippen molar-refractivity contribution in [1.82, 2.24) is 10.3 Å². The number of rotatable bonds is 6. The van der Waals surface area contributed by atoms with Gasteiger partial charge in [0.1, 0.15) is 17.2 Å². The minimum Gasteiger partial charge on any atom is -0.492 e. The van der Waals surface area contributed by atoms with Crippen LogP contribution in [0.1, 0.15) is 20.2 Å². The molecule has 0 fully saturated rings. The molecule has 0 unspecified atom stereocenters. The van der Waals surface area contributed by atoms with Gasteiger partial charge in [-0.3, -0.25) is 4.79 Å². The average Bonchev–Trinajstić information content (AvgIpc) is 3.01. The molecule has 0 atom stereocenters. The fourth-order valence-corrected chi connectivity index (χ4v) is 3.35. The summed E-state index contributed by atoms with van der Waals surface area (Å²) in [7, 11) is 0. The van der Waals surface area contributed by atoms with Crippen LogP contribution in [0.15, 0.2) is 54.6 Å². The monoisotopic (exact) mass is 352 g/mol. The van der Waals surface area contributed by atoms with E-state index in [2.05, 4.69) is 10.3 Å². The largest absolute Gasteiger partial charge is 0.492 e. The van der Waals surface area contributed by atoms with Crippen molar-refractivity contribution in [2.24, 2.45) is 0 Å². The summed E-state index contributed by atoms with van der Waals surface area (Å²) in [6.45, 7) is 4.80. The van der Waals surface area contributed by atoms with Crippen molar-refractivity contribution in [2.75, 3.05) is 13.2 Å². The molecule has 0 radical (unpaired) electrons. The van der Waals surface area contributed by atoms with Gasteiger partial charge in [-0.05, 0) is 31.5 Å². The Morgan fingerprint density at radius 1 is 1.12 bits per heavy atom. The molecule has 0 saturated heterocycles. The van der Waals surface area contributed by atoms with E-state index in [4.69, 9.17) is 4.74 Å². The number of aryl methyl sites for hydroxylation is 2. The maximum atomic E-state index is 12.5. The summed E-state index contributed by atoms with van der Waals surface area (Å²) in [5, 5.41) is 3.79. The van der Waals surface area contributed by atoms with Crippen LogP contribution < -0.4 is 10.1 Å². The third-order valence-electron chi connectivity index (χ3n) is 3.63. The number of carbonyl (C=O) groups excluding carboxylic acids is 1. The highest BCUT2D eigenvalue weighted by atomic mass is 32.1. The molecular weight excluding hydrogens is 332 g/mol. The average molecular weight is 352 g/mol. The third-order valence-corrected chi connectivity index (χ3v) is 4.60. The summed E-state index contributed by atoms with van der Waals surface area (Å²) in [5.74, 6) is 0.699. The zero-order chi connectivity index (χ0) is 17.6. The second kappa shape index (κ2) is 7.94. The molecule has 2 aromatic carbocycles. The molecule has 0 bridgehead atoms. The highest BCUT2D eigenvalue weighted by molar-refractivity contribution is 7.14. The van der Waals surface area contributed by atoms with E-state index in [1.165, 1.54) is 11.3 Å². The van der Waals surface area contributed by atoms with Gasteiger partial charge in [-0.1, -0.05) is 42.5 Å². The van der Waals surface area contributed by atoms with Gasteiger partial charge in [0.25, 0.3) is 5.91 Å². The first-order valence-electron chi connectivity index (χ1n) is 8.14. The molecule has 0 aliphatic heterocycles. The molecule has 5 heteroatoms. The molecule has 1 amide bonds. The Morgan fingerprint density at radius 2 is 1.92 bits per heavy atom. The highest BCUT2D eigenvalue weighted by Crippen LogP contribution is 2.27. The number of carbonyl (C=O) groups is 1. The van der Waals surface area contributed by atoms with Crippen LogP contribution >= 0.6 is 11.3 Å². The molecule has 1 heterocycles. The Kier molecular flexibility index (Phi) is 5.46. The van der Waals surface area contributed by atoms with Crippen molar-refractivity contribution >= 4 is 17.2 Å². The van der Waals surface area contributed by atoms with Crippen LogP contribution in [0.2, 0.25) is 0 Å². The Hall–Kier alpha value is -2.66. The Bertz CT molecular complexity index is 859. The molecule has 128 valence electrons. The van der Waals surface area contributed by atoms with E-state index in [-0.39, 0.29) is 5.91 Å². The number of nitrogens with zero attached hydrogens (tertiary/aromatic N) is 1. The van der Waals surface area contributed by atoms with E-state index in [1.54, 1.807) is 0 Å². The van der Waals surface area contributed by atoms with Crippen LogP contribution in [-0.2, 0) is 0 Å². The molecule has 1 aromatic heterocycles. The fourth-order valence-electron chi connectivity index (χ4n) is 2.49. The summed E-state index contributed by atoms with van der Waals surface area (Å²) in [5.41, 5.74) is 2.84. The Morgan fingerprint density at radius 3 is 2.68 bits per heavy atom. The molecular formula is C20H20N2O2S. The lowest BCUT2D eigenvalue weighted by Gasteiger charge is -2.08. The van der Waals surface area contributed by atoms with Crippen LogP contribution in [-0.4, -0.2) is 24.0 Å². The van der Waals surface area contributed by atoms with E-state index in [0.29, 0.717) is 18.0 Å². The van der Waals surface area contributed by atoms with Crippen molar-refractivity contribution in [2.45, 2.75) is 13.8 Å². The zero-order valence-corrected chi connectivity index (χ0v) is 15.1. The van der Waals surface area contributed by atoms with Crippen LogP contribution in [0.5, 0.6) is 5.75 Å². The molecule has 3 aromatic rings. The standard InChI is InChI=1S/C20H20N2O2S/c1-14-7-6-10-17(13-14)24-12-11-21-20(23)19-18(22-15(2)25-19)16-8-4-3-5-9-16/h3-10,13H,11-12H2,1-2H3,(H,21,23). The fraction of sp³-hybridized carbons (Fsp3) is 0.200. The summed E-state index contributed by atoms with van der Waals surface area (Å²) in [6.07, 6.45) is 0. The maximum absolute atomic E-state index is 12.5. The first kappa shape index (κ1) is 17.2. The van der Waals surface area contributed by atoms with Gasteiger partial charge in [-0.25, -0.2) is 4.98 Å². The number of benzene rings is 2. The lowest BCUT2D eigenvalue weighted by molar-refractivity contribution is 0.0951. The van der Waals surface area contributed by atoms with Gasteiger partial charge >= 0.3 is 0 Å². The van der Waals surface area contributed by atoms with E-state index >= 15 is 0 Å². The van der Waals surface area contributed by atoms with Gasteiger partial charge in [0, 0.05) is 5.56 Å². The molecule has 1 N–H and O–H groups in total. The van der Waals surface area contributed by atoms with Crippen LogP contribution in [0.4, 0.5) is 0 Å². The van der Waals surface area contributed by atoms with Crippen molar-refractivity contribution in [3.05, 3.63) is 70.0 Å². The third kappa shape index (κ3) is 4.45. The van der Waals surface area contributed by atoms with Gasteiger partial charge in [-0.2, -0.15) is 0 Å². The smallest absolute Gasteiger partial charge is 0.263 e. The van der Waals surface area contributed by atoms with Crippen molar-refractivity contribution in [3.63, 3.8) is 0 Å². The van der Waals surface area contributed by atoms with Crippen molar-refractivity contribution < 1.29 is 9.53 Å². The Balaban J connectivity index is 1.60. The number of nitrogens with one attached hydrogen (secondary N) is 1. The molecule has 0 aliphatic rings. The topological polar surface area (TPSA) is 51.2 Å². The SMILES string of the molecule is Cc1cccc(OCCNC(=O)c2sc(C)nc2-c2ccccc2)c1. The molecule has 0 spiro atoms. The number of hydrogen-bond donors (Lipinski definition) is 1. The van der Waals surface area contributed by atoms with E-state index in [0.717, 1.165) is 27.6 Å². The first-order valence-corrected chi connectivity index (χ1v) is 8.95. The minimum atomic E-state index is -0.114. The van der Waals surface area contributed by atoms with Gasteiger partial charge < -0.3 is 10.1 Å². The summed E-state index contributed by atoms with van der Waals surface area (Å²) in [4.78, 5) is 17.7. The van der Waals surface area contributed by atoms with Crippen LogP contribution in [0, 0.1) is 13.8 Å². The van der Waals surface area contributed by atoms with Gasteiger partial charge in [-0.15, -0.1) is 11.3 Å². The zero-order valence-electron chi connectivity index (χ0n) is 14.3. The molecule has 3 rings (SSSR count). The summed E-state index contributed by atoms with van der Waals surface area (Å²) in [6, 6.07) is 17.6. The molecule has 4 nitrogen and oxygen atoms in total. The van der Waals surface area contributed by atoms with E-state index in [1.807, 2.05) is 68.4 Å². The van der Waals surface area contributed by atoms with E-state index < -0.39 is 0 Å². The Labute approximate surface area is 151 Å². The number of aromatic nitrogens is 1. The predicted molar refractivity (Wildman–Crippen MR) is 101 cm³/mol. The van der Waals surface area contributed by atoms with Crippen LogP contribution in [0.25, 0.3) is 11.3 Å². The lowest BCUT2D eigenvalue weighted by Crippen LogP contribution is -2.27. The number of amides is 1. The second-order valence-electron chi connectivity index (χ2n) is 5.70. The van der Waals surface area contributed by atoms with Crippen LogP contribution in [0.3, 0.4) is 0 Å². The van der Waals surface area contributed by atoms with Gasteiger partial charge in [0.2, 0.25) is 0 Å². The van der Waals surface area contributed by atoms with Gasteiger partial charge in [0.15, 0.2) is 0 Å². The van der Waals surface area contributed by atoms with E-state index in [9.17, 15) is 4.79 Å². The quantitative estimate of drug-likeness (QED) is 0.675. The maximum Gasteiger partial charge on any atom is 0.263 e. The predicted octanol–water partition coefficient (Wildman–Crippen LogP) is 4.24. The van der Waals surface area contributed by atoms with Gasteiger partial charge in [0.05, 0.1) is 17.2 Å². The normalized spacial score (nSPS) is 10.5. The van der Waals surface area contributed by atoms with Crippen molar-refractivity contribution in [1.29, 1.82) is 0 Å². The molecule has 25 heavy (non-hydrogen) atoms. The lowest BCUT2D eigenvalue weighted by atomic mass is 10.1. The van der Waals surface area contributed by atoms with Crippen molar-refractivity contribution in [3.8, 4) is 17.0 Å². The second-order valence-corrected chi connectivity index (χ2v) is 6.90. The highest BCUT2D eigenvalue weighted by Gasteiger charge is 2.17. The molecule has 0 saturated carbocycles. The minimum absolute atomic E-state index is 0.114. The summed E-state index contributed by atoms with van der Waals surface area (Å²) >= 11 is 1.41.